The summed E-state index contributed by atoms with van der Waals surface area (Å²) in [5.74, 6) is 1.05. The van der Waals surface area contributed by atoms with Gasteiger partial charge in [0.05, 0.1) is 39.6 Å². The highest BCUT2D eigenvalue weighted by molar-refractivity contribution is 5.31. The lowest BCUT2D eigenvalue weighted by atomic mass is 9.94. The van der Waals surface area contributed by atoms with Crippen LogP contribution in [0.2, 0.25) is 0 Å². The fourth-order valence-corrected chi connectivity index (χ4v) is 3.81. The molecule has 0 radical (unpaired) electrons. The summed E-state index contributed by atoms with van der Waals surface area (Å²) >= 11 is 0. The van der Waals surface area contributed by atoms with Crippen molar-refractivity contribution in [3.63, 3.8) is 0 Å². The first-order valence-corrected chi connectivity index (χ1v) is 10.6. The average molecular weight is 391 g/mol. The lowest BCUT2D eigenvalue weighted by molar-refractivity contribution is -0.0604. The van der Waals surface area contributed by atoms with E-state index in [1.807, 2.05) is 12.1 Å². The van der Waals surface area contributed by atoms with E-state index in [9.17, 15) is 0 Å². The Morgan fingerprint density at radius 2 is 1.93 bits per heavy atom. The Labute approximate surface area is 169 Å². The van der Waals surface area contributed by atoms with E-state index in [4.69, 9.17) is 23.7 Å². The predicted octanol–water partition coefficient (Wildman–Crippen LogP) is 4.46. The fraction of sp³-hybridized carbons (Fsp3) is 0.652. The number of benzene rings is 1. The summed E-state index contributed by atoms with van der Waals surface area (Å²) in [7, 11) is 1.70. The van der Waals surface area contributed by atoms with Gasteiger partial charge >= 0.3 is 0 Å². The van der Waals surface area contributed by atoms with Gasteiger partial charge in [0.25, 0.3) is 0 Å². The van der Waals surface area contributed by atoms with Crippen LogP contribution in [0.4, 0.5) is 0 Å². The minimum Gasteiger partial charge on any atom is -0.497 e. The molecule has 2 heterocycles. The maximum Gasteiger partial charge on any atom is 0.164 e. The molecule has 2 unspecified atom stereocenters. The Morgan fingerprint density at radius 3 is 2.79 bits per heavy atom. The number of methoxy groups -OCH3 is 1. The third kappa shape index (κ3) is 6.89. The SMILES string of the molecule is COc1cccc(C(CC=CCCCC2CCCOCCO2)C2OCCO2)c1. The molecule has 0 spiro atoms. The molecular weight excluding hydrogens is 356 g/mol. The molecule has 28 heavy (non-hydrogen) atoms. The highest BCUT2D eigenvalue weighted by Crippen LogP contribution is 2.31. The summed E-state index contributed by atoms with van der Waals surface area (Å²) in [4.78, 5) is 0. The summed E-state index contributed by atoms with van der Waals surface area (Å²) < 4.78 is 28.3. The molecule has 1 aromatic rings. The number of hydrogen-bond donors (Lipinski definition) is 0. The van der Waals surface area contributed by atoms with Gasteiger partial charge in [-0.15, -0.1) is 0 Å². The summed E-state index contributed by atoms with van der Waals surface area (Å²) in [5, 5.41) is 0. The van der Waals surface area contributed by atoms with Crippen LogP contribution in [0.5, 0.6) is 5.75 Å². The molecule has 0 N–H and O–H groups in total. The first-order chi connectivity index (χ1) is 13.9. The maximum atomic E-state index is 5.88. The predicted molar refractivity (Wildman–Crippen MR) is 109 cm³/mol. The van der Waals surface area contributed by atoms with E-state index >= 15 is 0 Å². The molecule has 156 valence electrons. The van der Waals surface area contributed by atoms with E-state index in [1.54, 1.807) is 7.11 Å². The van der Waals surface area contributed by atoms with Crippen LogP contribution in [-0.4, -0.2) is 52.5 Å². The van der Waals surface area contributed by atoms with Crippen molar-refractivity contribution < 1.29 is 23.7 Å². The van der Waals surface area contributed by atoms with E-state index in [1.165, 1.54) is 5.56 Å². The summed E-state index contributed by atoms with van der Waals surface area (Å²) in [6, 6.07) is 8.21. The molecule has 1 aromatic carbocycles. The van der Waals surface area contributed by atoms with Gasteiger partial charge in [-0.05, 0) is 56.2 Å². The van der Waals surface area contributed by atoms with Gasteiger partial charge in [-0.1, -0.05) is 24.3 Å². The normalized spacial score (nSPS) is 22.8. The Bertz CT molecular complexity index is 574. The largest absolute Gasteiger partial charge is 0.497 e. The number of rotatable bonds is 9. The third-order valence-corrected chi connectivity index (χ3v) is 5.35. The number of allylic oxidation sites excluding steroid dienone is 2. The van der Waals surface area contributed by atoms with Gasteiger partial charge in [0, 0.05) is 12.5 Å². The number of ether oxygens (including phenoxy) is 5. The van der Waals surface area contributed by atoms with Crippen molar-refractivity contribution in [1.82, 2.24) is 0 Å². The van der Waals surface area contributed by atoms with Crippen molar-refractivity contribution in [3.8, 4) is 5.75 Å². The molecule has 0 aromatic heterocycles. The highest BCUT2D eigenvalue weighted by atomic mass is 16.7. The van der Waals surface area contributed by atoms with Crippen molar-refractivity contribution in [2.75, 3.05) is 40.1 Å². The van der Waals surface area contributed by atoms with Crippen LogP contribution in [0.25, 0.3) is 0 Å². The Morgan fingerprint density at radius 1 is 1.07 bits per heavy atom. The van der Waals surface area contributed by atoms with Gasteiger partial charge in [0.1, 0.15) is 5.75 Å². The van der Waals surface area contributed by atoms with Crippen LogP contribution < -0.4 is 4.74 Å². The van der Waals surface area contributed by atoms with E-state index < -0.39 is 0 Å². The molecule has 0 saturated carbocycles. The molecule has 2 atom stereocenters. The summed E-state index contributed by atoms with van der Waals surface area (Å²) in [5.41, 5.74) is 1.20. The van der Waals surface area contributed by atoms with Gasteiger partial charge in [-0.3, -0.25) is 0 Å². The van der Waals surface area contributed by atoms with E-state index in [2.05, 4.69) is 24.3 Å². The minimum absolute atomic E-state index is 0.178. The zero-order chi connectivity index (χ0) is 19.4. The molecule has 3 rings (SSSR count). The molecule has 5 heteroatoms. The van der Waals surface area contributed by atoms with Crippen molar-refractivity contribution >= 4 is 0 Å². The second-order valence-electron chi connectivity index (χ2n) is 7.38. The van der Waals surface area contributed by atoms with Gasteiger partial charge in [-0.25, -0.2) is 0 Å². The van der Waals surface area contributed by atoms with Gasteiger partial charge in [0.15, 0.2) is 6.29 Å². The van der Waals surface area contributed by atoms with Gasteiger partial charge in [-0.2, -0.15) is 0 Å². The Balaban J connectivity index is 1.46. The lowest BCUT2D eigenvalue weighted by Crippen LogP contribution is -2.20. The van der Waals surface area contributed by atoms with Crippen molar-refractivity contribution in [2.24, 2.45) is 0 Å². The van der Waals surface area contributed by atoms with Crippen LogP contribution in [0, 0.1) is 0 Å². The topological polar surface area (TPSA) is 46.2 Å². The van der Waals surface area contributed by atoms with Crippen LogP contribution in [0.1, 0.15) is 50.0 Å². The van der Waals surface area contributed by atoms with Crippen LogP contribution in [0.15, 0.2) is 36.4 Å². The zero-order valence-corrected chi connectivity index (χ0v) is 17.0. The van der Waals surface area contributed by atoms with Crippen molar-refractivity contribution in [3.05, 3.63) is 42.0 Å². The summed E-state index contributed by atoms with van der Waals surface area (Å²) in [6.07, 6.45) is 11.2. The molecule has 2 fully saturated rings. The fourth-order valence-electron chi connectivity index (χ4n) is 3.81. The zero-order valence-electron chi connectivity index (χ0n) is 17.0. The molecule has 0 aliphatic carbocycles. The van der Waals surface area contributed by atoms with Gasteiger partial charge in [0.2, 0.25) is 0 Å². The van der Waals surface area contributed by atoms with Gasteiger partial charge < -0.3 is 23.7 Å². The van der Waals surface area contributed by atoms with E-state index in [0.29, 0.717) is 19.3 Å². The first kappa shape index (κ1) is 21.3. The van der Waals surface area contributed by atoms with Crippen LogP contribution in [-0.2, 0) is 18.9 Å². The monoisotopic (exact) mass is 390 g/mol. The standard InChI is InChI=1S/C23H34O5/c1-24-21-10-6-8-19(18-21)22(23-27-16-17-28-23)12-5-3-2-4-9-20-11-7-13-25-14-15-26-20/h3,5-6,8,10,18,20,22-23H,2,4,7,9,11-17H2,1H3. The molecule has 0 bridgehead atoms. The van der Waals surface area contributed by atoms with E-state index in [0.717, 1.165) is 64.1 Å². The number of hydrogen-bond acceptors (Lipinski definition) is 5. The van der Waals surface area contributed by atoms with Crippen LogP contribution in [0.3, 0.4) is 0 Å². The number of unbranched alkanes of at least 4 members (excludes halogenated alkanes) is 1. The molecule has 2 aliphatic rings. The maximum absolute atomic E-state index is 5.88. The van der Waals surface area contributed by atoms with Crippen LogP contribution >= 0.6 is 0 Å². The van der Waals surface area contributed by atoms with Crippen molar-refractivity contribution in [1.29, 1.82) is 0 Å². The molecule has 0 amide bonds. The lowest BCUT2D eigenvalue weighted by Gasteiger charge is -2.22. The molecular formula is C23H34O5. The smallest absolute Gasteiger partial charge is 0.164 e. The second kappa shape index (κ2) is 12.2. The third-order valence-electron chi connectivity index (χ3n) is 5.35. The molecule has 2 saturated heterocycles. The average Bonchev–Trinajstić information content (AvgIpc) is 3.23. The first-order valence-electron chi connectivity index (χ1n) is 10.6. The highest BCUT2D eigenvalue weighted by Gasteiger charge is 2.27. The quantitative estimate of drug-likeness (QED) is 0.460. The Kier molecular flexibility index (Phi) is 9.30. The minimum atomic E-state index is -0.178. The molecule has 5 nitrogen and oxygen atoms in total. The van der Waals surface area contributed by atoms with Crippen molar-refractivity contribution in [2.45, 2.75) is 56.8 Å². The second-order valence-corrected chi connectivity index (χ2v) is 7.38. The molecule has 2 aliphatic heterocycles. The van der Waals surface area contributed by atoms with E-state index in [-0.39, 0.29) is 12.2 Å². The summed E-state index contributed by atoms with van der Waals surface area (Å²) in [6.45, 7) is 3.66. The Hall–Kier alpha value is -1.40.